The third-order valence-electron chi connectivity index (χ3n) is 2.40. The second-order valence-electron chi connectivity index (χ2n) is 4.07. The first-order chi connectivity index (χ1) is 9.49. The highest BCUT2D eigenvalue weighted by Gasteiger charge is 2.04. The van der Waals surface area contributed by atoms with E-state index in [9.17, 15) is 9.59 Å². The van der Waals surface area contributed by atoms with Gasteiger partial charge in [-0.3, -0.25) is 9.59 Å². The number of hydrogen-bond donors (Lipinski definition) is 2. The van der Waals surface area contributed by atoms with Crippen LogP contribution < -0.4 is 10.1 Å². The third-order valence-corrected chi connectivity index (χ3v) is 3.14. The van der Waals surface area contributed by atoms with Gasteiger partial charge in [-0.1, -0.05) is 23.2 Å². The second kappa shape index (κ2) is 8.66. The molecule has 0 atom stereocenters. The summed E-state index contributed by atoms with van der Waals surface area (Å²) in [4.78, 5) is 21.7. The number of nitrogens with one attached hydrogen (secondary N) is 1. The number of carboxylic acids is 1. The lowest BCUT2D eigenvalue weighted by Gasteiger charge is -2.08. The van der Waals surface area contributed by atoms with Crippen molar-refractivity contribution in [1.29, 1.82) is 0 Å². The van der Waals surface area contributed by atoms with Crippen molar-refractivity contribution in [2.75, 3.05) is 13.2 Å². The lowest BCUT2D eigenvalue weighted by Crippen LogP contribution is -2.29. The van der Waals surface area contributed by atoms with E-state index in [-0.39, 0.29) is 18.9 Å². The van der Waals surface area contributed by atoms with E-state index in [1.807, 2.05) is 0 Å². The minimum absolute atomic E-state index is 0.107. The van der Waals surface area contributed by atoms with E-state index in [4.69, 9.17) is 33.0 Å². The first-order valence-corrected chi connectivity index (χ1v) is 6.81. The van der Waals surface area contributed by atoms with Crippen molar-refractivity contribution in [3.05, 3.63) is 28.2 Å². The Bertz CT molecular complexity index is 479. The van der Waals surface area contributed by atoms with E-state index in [0.717, 1.165) is 0 Å². The van der Waals surface area contributed by atoms with Gasteiger partial charge in [-0.05, 0) is 25.0 Å². The van der Waals surface area contributed by atoms with Crippen molar-refractivity contribution < 1.29 is 19.4 Å². The van der Waals surface area contributed by atoms with E-state index in [1.54, 1.807) is 12.1 Å². The maximum Gasteiger partial charge on any atom is 0.303 e. The molecule has 0 aliphatic rings. The van der Waals surface area contributed by atoms with Gasteiger partial charge < -0.3 is 15.2 Å². The van der Waals surface area contributed by atoms with Gasteiger partial charge in [0.15, 0.2) is 6.61 Å². The number of amides is 1. The van der Waals surface area contributed by atoms with E-state index < -0.39 is 5.97 Å². The normalized spacial score (nSPS) is 10.1. The van der Waals surface area contributed by atoms with Gasteiger partial charge >= 0.3 is 5.97 Å². The van der Waals surface area contributed by atoms with Gasteiger partial charge in [0.05, 0.1) is 10.0 Å². The van der Waals surface area contributed by atoms with Gasteiger partial charge in [0.25, 0.3) is 5.91 Å². The molecular formula is C13H15Cl2NO4. The van der Waals surface area contributed by atoms with Crippen LogP contribution in [0.5, 0.6) is 5.75 Å². The maximum atomic E-state index is 11.5. The van der Waals surface area contributed by atoms with E-state index in [0.29, 0.717) is 35.2 Å². The quantitative estimate of drug-likeness (QED) is 0.722. The van der Waals surface area contributed by atoms with Crippen LogP contribution in [0.3, 0.4) is 0 Å². The molecule has 0 spiro atoms. The standard InChI is InChI=1S/C13H15Cl2NO4/c14-10-5-4-9(7-11(10)15)20-8-12(17)16-6-2-1-3-13(18)19/h4-5,7H,1-3,6,8H2,(H,16,17)(H,18,19). The summed E-state index contributed by atoms with van der Waals surface area (Å²) in [5.74, 6) is -0.647. The van der Waals surface area contributed by atoms with Crippen LogP contribution in [-0.4, -0.2) is 30.1 Å². The smallest absolute Gasteiger partial charge is 0.303 e. The van der Waals surface area contributed by atoms with Crippen molar-refractivity contribution in [3.8, 4) is 5.75 Å². The molecular weight excluding hydrogens is 305 g/mol. The Hall–Kier alpha value is -1.46. The van der Waals surface area contributed by atoms with Crippen LogP contribution in [0.25, 0.3) is 0 Å². The summed E-state index contributed by atoms with van der Waals surface area (Å²) >= 11 is 11.6. The molecule has 0 radical (unpaired) electrons. The predicted molar refractivity (Wildman–Crippen MR) is 76.5 cm³/mol. The summed E-state index contributed by atoms with van der Waals surface area (Å²) in [6.45, 7) is 0.299. The average molecular weight is 320 g/mol. The van der Waals surface area contributed by atoms with Gasteiger partial charge in [-0.15, -0.1) is 0 Å². The highest BCUT2D eigenvalue weighted by atomic mass is 35.5. The number of ether oxygens (including phenoxy) is 1. The number of aliphatic carboxylic acids is 1. The largest absolute Gasteiger partial charge is 0.484 e. The Morgan fingerprint density at radius 1 is 1.20 bits per heavy atom. The zero-order valence-electron chi connectivity index (χ0n) is 10.7. The molecule has 0 aromatic heterocycles. The van der Waals surface area contributed by atoms with E-state index in [2.05, 4.69) is 5.32 Å². The number of carbonyl (C=O) groups excluding carboxylic acids is 1. The Morgan fingerprint density at radius 2 is 1.95 bits per heavy atom. The fourth-order valence-electron chi connectivity index (χ4n) is 1.40. The lowest BCUT2D eigenvalue weighted by molar-refractivity contribution is -0.137. The zero-order chi connectivity index (χ0) is 15.0. The van der Waals surface area contributed by atoms with Gasteiger partial charge in [0.2, 0.25) is 0 Å². The molecule has 0 fully saturated rings. The molecule has 0 aliphatic carbocycles. The molecule has 5 nitrogen and oxygen atoms in total. The van der Waals surface area contributed by atoms with Crippen LogP contribution in [0.2, 0.25) is 10.0 Å². The Kier molecular flexibility index (Phi) is 7.18. The Morgan fingerprint density at radius 3 is 2.60 bits per heavy atom. The monoisotopic (exact) mass is 319 g/mol. The SMILES string of the molecule is O=C(O)CCCCNC(=O)COc1ccc(Cl)c(Cl)c1. The predicted octanol–water partition coefficient (Wildman–Crippen LogP) is 2.74. The summed E-state index contributed by atoms with van der Waals surface area (Å²) in [7, 11) is 0. The number of hydrogen-bond acceptors (Lipinski definition) is 3. The van der Waals surface area contributed by atoms with Gasteiger partial charge in [-0.2, -0.15) is 0 Å². The summed E-state index contributed by atoms with van der Waals surface area (Å²) in [6.07, 6.45) is 1.25. The summed E-state index contributed by atoms with van der Waals surface area (Å²) < 4.78 is 5.25. The number of carboxylic acid groups (broad SMARTS) is 1. The number of benzene rings is 1. The van der Waals surface area contributed by atoms with Gasteiger partial charge in [-0.25, -0.2) is 0 Å². The molecule has 110 valence electrons. The van der Waals surface area contributed by atoms with Crippen LogP contribution in [0, 0.1) is 0 Å². The maximum absolute atomic E-state index is 11.5. The molecule has 0 heterocycles. The minimum atomic E-state index is -0.834. The topological polar surface area (TPSA) is 75.6 Å². The number of unbranched alkanes of at least 4 members (excludes halogenated alkanes) is 1. The fourth-order valence-corrected chi connectivity index (χ4v) is 1.68. The van der Waals surface area contributed by atoms with Crippen LogP contribution in [0.1, 0.15) is 19.3 Å². The Labute approximate surface area is 126 Å². The van der Waals surface area contributed by atoms with Crippen molar-refractivity contribution in [1.82, 2.24) is 5.32 Å². The molecule has 1 aromatic carbocycles. The molecule has 20 heavy (non-hydrogen) atoms. The molecule has 1 amide bonds. The molecule has 1 rings (SSSR count). The molecule has 0 unspecified atom stereocenters. The zero-order valence-corrected chi connectivity index (χ0v) is 12.2. The summed E-state index contributed by atoms with van der Waals surface area (Å²) in [5, 5.41) is 11.9. The van der Waals surface area contributed by atoms with Crippen LogP contribution >= 0.6 is 23.2 Å². The van der Waals surface area contributed by atoms with Gasteiger partial charge in [0.1, 0.15) is 5.75 Å². The van der Waals surface area contributed by atoms with Gasteiger partial charge in [0, 0.05) is 19.0 Å². The highest BCUT2D eigenvalue weighted by Crippen LogP contribution is 2.26. The average Bonchev–Trinajstić information content (AvgIpc) is 2.39. The van der Waals surface area contributed by atoms with Crippen molar-refractivity contribution in [3.63, 3.8) is 0 Å². The number of halogens is 2. The van der Waals surface area contributed by atoms with E-state index in [1.165, 1.54) is 6.07 Å². The molecule has 0 bridgehead atoms. The molecule has 7 heteroatoms. The molecule has 0 aliphatic heterocycles. The Balaban J connectivity index is 2.19. The van der Waals surface area contributed by atoms with Crippen molar-refractivity contribution in [2.45, 2.75) is 19.3 Å². The highest BCUT2D eigenvalue weighted by molar-refractivity contribution is 6.42. The second-order valence-corrected chi connectivity index (χ2v) is 4.88. The van der Waals surface area contributed by atoms with E-state index >= 15 is 0 Å². The first-order valence-electron chi connectivity index (χ1n) is 6.05. The lowest BCUT2D eigenvalue weighted by atomic mass is 10.2. The fraction of sp³-hybridized carbons (Fsp3) is 0.385. The minimum Gasteiger partial charge on any atom is -0.484 e. The summed E-state index contributed by atoms with van der Waals surface area (Å²) in [6, 6.07) is 4.74. The number of rotatable bonds is 8. The molecule has 2 N–H and O–H groups in total. The van der Waals surface area contributed by atoms with Crippen LogP contribution in [0.15, 0.2) is 18.2 Å². The molecule has 0 saturated heterocycles. The summed E-state index contributed by atoms with van der Waals surface area (Å²) in [5.41, 5.74) is 0. The van der Waals surface area contributed by atoms with Crippen LogP contribution in [-0.2, 0) is 9.59 Å². The number of carbonyl (C=O) groups is 2. The molecule has 1 aromatic rings. The third kappa shape index (κ3) is 6.63. The van der Waals surface area contributed by atoms with Crippen LogP contribution in [0.4, 0.5) is 0 Å². The van der Waals surface area contributed by atoms with Crippen molar-refractivity contribution in [2.24, 2.45) is 0 Å². The first kappa shape index (κ1) is 16.6. The van der Waals surface area contributed by atoms with Crippen molar-refractivity contribution >= 4 is 35.1 Å². The molecule has 0 saturated carbocycles.